The average Bonchev–Trinajstić information content (AvgIpc) is 2.52. The molecule has 1 heterocycles. The Kier molecular flexibility index (Phi) is 3.25. The maximum Gasteiger partial charge on any atom is 0.0413 e. The van der Waals surface area contributed by atoms with Gasteiger partial charge in [0.25, 0.3) is 0 Å². The number of rotatable bonds is 3. The Morgan fingerprint density at radius 3 is 2.56 bits per heavy atom. The molecule has 0 saturated heterocycles. The molecule has 1 aromatic heterocycles. The van der Waals surface area contributed by atoms with E-state index in [1.165, 1.54) is 28.6 Å². The van der Waals surface area contributed by atoms with Crippen LogP contribution in [0.5, 0.6) is 0 Å². The van der Waals surface area contributed by atoms with Gasteiger partial charge in [-0.05, 0) is 31.9 Å². The number of aryl methyl sites for hydroxylation is 2. The lowest BCUT2D eigenvalue weighted by molar-refractivity contribution is 0.640. The molecule has 0 unspecified atom stereocenters. The highest BCUT2D eigenvalue weighted by Gasteiger charge is 2.12. The van der Waals surface area contributed by atoms with Gasteiger partial charge < -0.3 is 4.57 Å². The lowest BCUT2D eigenvalue weighted by atomic mass is 10.1. The van der Waals surface area contributed by atoms with E-state index in [4.69, 9.17) is 11.6 Å². The molecule has 0 spiro atoms. The zero-order valence-electron chi connectivity index (χ0n) is 10.2. The van der Waals surface area contributed by atoms with Gasteiger partial charge in [0.1, 0.15) is 0 Å². The van der Waals surface area contributed by atoms with Crippen LogP contribution in [0.2, 0.25) is 5.02 Å². The molecule has 0 amide bonds. The Bertz CT molecular complexity index is 511. The summed E-state index contributed by atoms with van der Waals surface area (Å²) >= 11 is 6.08. The number of fused-ring (bicyclic) bond motifs is 1. The monoisotopic (exact) mass is 235 g/mol. The molecule has 0 fully saturated rings. The molecule has 0 bridgehead atoms. The molecule has 2 heteroatoms. The van der Waals surface area contributed by atoms with Crippen molar-refractivity contribution in [1.82, 2.24) is 4.57 Å². The van der Waals surface area contributed by atoms with Crippen molar-refractivity contribution in [3.05, 3.63) is 34.6 Å². The summed E-state index contributed by atoms with van der Waals surface area (Å²) in [6.07, 6.45) is 2.23. The van der Waals surface area contributed by atoms with Crippen molar-refractivity contribution in [1.29, 1.82) is 0 Å². The molecular formula is C14H18ClN. The van der Waals surface area contributed by atoms with Crippen molar-refractivity contribution >= 4 is 22.4 Å². The fourth-order valence-corrected chi connectivity index (χ4v) is 2.64. The van der Waals surface area contributed by atoms with Crippen molar-refractivity contribution < 1.29 is 0 Å². The summed E-state index contributed by atoms with van der Waals surface area (Å²) < 4.78 is 2.43. The van der Waals surface area contributed by atoms with E-state index in [0.29, 0.717) is 0 Å². The molecule has 0 atom stereocenters. The summed E-state index contributed by atoms with van der Waals surface area (Å²) in [5.41, 5.74) is 2.78. The van der Waals surface area contributed by atoms with E-state index < -0.39 is 0 Å². The molecule has 2 aromatic rings. The van der Waals surface area contributed by atoms with Crippen molar-refractivity contribution in [3.8, 4) is 0 Å². The van der Waals surface area contributed by atoms with E-state index in [0.717, 1.165) is 18.0 Å². The first-order chi connectivity index (χ1) is 7.69. The van der Waals surface area contributed by atoms with Crippen LogP contribution in [0, 0.1) is 6.92 Å². The minimum absolute atomic E-state index is 0.829. The van der Waals surface area contributed by atoms with Gasteiger partial charge in [0.2, 0.25) is 0 Å². The van der Waals surface area contributed by atoms with Crippen molar-refractivity contribution in [2.24, 2.45) is 0 Å². The third kappa shape index (κ3) is 1.73. The number of benzene rings is 1. The smallest absolute Gasteiger partial charge is 0.0413 e. The first kappa shape index (κ1) is 11.5. The Balaban J connectivity index is 2.74. The standard InChI is InChI=1S/C14H18ClN/c1-4-8-16-10(3)12-7-6-11(15)9-13(12)14(16)5-2/h6-7,9H,4-5,8H2,1-3H3. The minimum atomic E-state index is 0.829. The number of hydrogen-bond donors (Lipinski definition) is 0. The lowest BCUT2D eigenvalue weighted by Gasteiger charge is -2.08. The normalized spacial score (nSPS) is 11.2. The molecule has 0 saturated carbocycles. The second-order valence-corrected chi connectivity index (χ2v) is 4.66. The van der Waals surface area contributed by atoms with Gasteiger partial charge in [0.15, 0.2) is 0 Å². The fraction of sp³-hybridized carbons (Fsp3) is 0.429. The summed E-state index contributed by atoms with van der Waals surface area (Å²) in [5.74, 6) is 0. The molecule has 2 rings (SSSR count). The van der Waals surface area contributed by atoms with Gasteiger partial charge >= 0.3 is 0 Å². The zero-order valence-corrected chi connectivity index (χ0v) is 10.9. The van der Waals surface area contributed by atoms with Gasteiger partial charge in [-0.25, -0.2) is 0 Å². The number of aromatic nitrogens is 1. The maximum absolute atomic E-state index is 6.08. The quantitative estimate of drug-likeness (QED) is 0.734. The van der Waals surface area contributed by atoms with Crippen LogP contribution in [-0.4, -0.2) is 4.57 Å². The SMILES string of the molecule is CCCn1c(C)c2ccc(Cl)cc2c1CC. The zero-order chi connectivity index (χ0) is 11.7. The Hall–Kier alpha value is -0.950. The van der Waals surface area contributed by atoms with Crippen LogP contribution in [0.15, 0.2) is 18.2 Å². The van der Waals surface area contributed by atoms with E-state index in [-0.39, 0.29) is 0 Å². The highest BCUT2D eigenvalue weighted by molar-refractivity contribution is 6.31. The highest BCUT2D eigenvalue weighted by Crippen LogP contribution is 2.29. The first-order valence-electron chi connectivity index (χ1n) is 5.96. The molecular weight excluding hydrogens is 218 g/mol. The summed E-state index contributed by atoms with van der Waals surface area (Å²) in [5, 5.41) is 3.49. The van der Waals surface area contributed by atoms with E-state index in [2.05, 4.69) is 37.5 Å². The molecule has 0 radical (unpaired) electrons. The third-order valence-corrected chi connectivity index (χ3v) is 3.43. The van der Waals surface area contributed by atoms with Crippen LogP contribution in [0.3, 0.4) is 0 Å². The van der Waals surface area contributed by atoms with Gasteiger partial charge in [0, 0.05) is 33.7 Å². The van der Waals surface area contributed by atoms with Gasteiger partial charge in [-0.1, -0.05) is 31.5 Å². The highest BCUT2D eigenvalue weighted by atomic mass is 35.5. The van der Waals surface area contributed by atoms with E-state index >= 15 is 0 Å². The van der Waals surface area contributed by atoms with Gasteiger partial charge in [-0.2, -0.15) is 0 Å². The third-order valence-electron chi connectivity index (χ3n) is 3.20. The molecule has 0 N–H and O–H groups in total. The van der Waals surface area contributed by atoms with Crippen LogP contribution < -0.4 is 0 Å². The molecule has 1 aromatic carbocycles. The average molecular weight is 236 g/mol. The lowest BCUT2D eigenvalue weighted by Crippen LogP contribution is -2.03. The van der Waals surface area contributed by atoms with E-state index in [1.807, 2.05) is 6.07 Å². The molecule has 0 aliphatic carbocycles. The molecule has 86 valence electrons. The van der Waals surface area contributed by atoms with Crippen LogP contribution >= 0.6 is 11.6 Å². The Morgan fingerprint density at radius 1 is 1.19 bits per heavy atom. The summed E-state index contributed by atoms with van der Waals surface area (Å²) in [7, 11) is 0. The summed E-state index contributed by atoms with van der Waals surface area (Å²) in [6, 6.07) is 6.21. The predicted octanol–water partition coefficient (Wildman–Crippen LogP) is 4.58. The largest absolute Gasteiger partial charge is 0.348 e. The topological polar surface area (TPSA) is 4.93 Å². The summed E-state index contributed by atoms with van der Waals surface area (Å²) in [6.45, 7) is 7.73. The van der Waals surface area contributed by atoms with Gasteiger partial charge in [0.05, 0.1) is 0 Å². The first-order valence-corrected chi connectivity index (χ1v) is 6.34. The second kappa shape index (κ2) is 4.50. The predicted molar refractivity (Wildman–Crippen MR) is 71.4 cm³/mol. The molecule has 16 heavy (non-hydrogen) atoms. The van der Waals surface area contributed by atoms with Crippen molar-refractivity contribution in [2.75, 3.05) is 0 Å². The van der Waals surface area contributed by atoms with E-state index in [9.17, 15) is 0 Å². The fourth-order valence-electron chi connectivity index (χ4n) is 2.47. The molecule has 0 aliphatic heterocycles. The van der Waals surface area contributed by atoms with E-state index in [1.54, 1.807) is 0 Å². The molecule has 1 nitrogen and oxygen atoms in total. The Morgan fingerprint density at radius 2 is 1.94 bits per heavy atom. The number of nitrogens with zero attached hydrogens (tertiary/aromatic N) is 1. The molecule has 0 aliphatic rings. The number of halogens is 1. The minimum Gasteiger partial charge on any atom is -0.348 e. The van der Waals surface area contributed by atoms with Crippen LogP contribution in [0.1, 0.15) is 31.7 Å². The second-order valence-electron chi connectivity index (χ2n) is 4.23. The van der Waals surface area contributed by atoms with Crippen molar-refractivity contribution in [2.45, 2.75) is 40.2 Å². The van der Waals surface area contributed by atoms with Crippen molar-refractivity contribution in [3.63, 3.8) is 0 Å². The maximum atomic E-state index is 6.08. The van der Waals surface area contributed by atoms with Crippen LogP contribution in [0.4, 0.5) is 0 Å². The summed E-state index contributed by atoms with van der Waals surface area (Å²) in [4.78, 5) is 0. The van der Waals surface area contributed by atoms with Gasteiger partial charge in [-0.3, -0.25) is 0 Å². The Labute approximate surface area is 102 Å². The number of hydrogen-bond acceptors (Lipinski definition) is 0. The van der Waals surface area contributed by atoms with Crippen LogP contribution in [-0.2, 0) is 13.0 Å². The van der Waals surface area contributed by atoms with Gasteiger partial charge in [-0.15, -0.1) is 0 Å². The van der Waals surface area contributed by atoms with Crippen LogP contribution in [0.25, 0.3) is 10.8 Å².